The van der Waals surface area contributed by atoms with E-state index in [4.69, 9.17) is 4.74 Å². The van der Waals surface area contributed by atoms with Gasteiger partial charge in [0.1, 0.15) is 11.3 Å². The van der Waals surface area contributed by atoms with Gasteiger partial charge < -0.3 is 10.1 Å². The van der Waals surface area contributed by atoms with Crippen LogP contribution in [0.25, 0.3) is 16.8 Å². The van der Waals surface area contributed by atoms with Crippen LogP contribution in [0.15, 0.2) is 66.2 Å². The largest absolute Gasteiger partial charge is 0.496 e. The fourth-order valence-electron chi connectivity index (χ4n) is 3.44. The van der Waals surface area contributed by atoms with E-state index in [1.807, 2.05) is 67.6 Å². The van der Waals surface area contributed by atoms with Gasteiger partial charge in [0.15, 0.2) is 5.50 Å². The van der Waals surface area contributed by atoms with Crippen molar-refractivity contribution >= 4 is 47.0 Å². The fourth-order valence-corrected chi connectivity index (χ4v) is 3.79. The molecule has 3 aromatic rings. The molecule has 3 aromatic carbocycles. The molecule has 1 N–H and O–H groups in total. The molecule has 5 nitrogen and oxygen atoms in total. The molecule has 2 amide bonds. The van der Waals surface area contributed by atoms with Gasteiger partial charge in [-0.25, -0.2) is 0 Å². The van der Waals surface area contributed by atoms with E-state index < -0.39 is 17.3 Å². The van der Waals surface area contributed by atoms with Crippen LogP contribution in [-0.4, -0.2) is 24.4 Å². The van der Waals surface area contributed by atoms with Crippen LogP contribution in [0.5, 0.6) is 5.75 Å². The van der Waals surface area contributed by atoms with Crippen molar-refractivity contribution in [3.05, 3.63) is 77.4 Å². The van der Waals surface area contributed by atoms with E-state index in [9.17, 15) is 9.59 Å². The summed E-state index contributed by atoms with van der Waals surface area (Å²) in [5.74, 6) is -0.285. The van der Waals surface area contributed by atoms with Gasteiger partial charge >= 0.3 is 0 Å². The van der Waals surface area contributed by atoms with E-state index in [0.29, 0.717) is 17.0 Å². The zero-order valence-corrected chi connectivity index (χ0v) is 16.9. The normalized spacial score (nSPS) is 18.2. The summed E-state index contributed by atoms with van der Waals surface area (Å²) >= 11 is 4.40. The lowest BCUT2D eigenvalue weighted by molar-refractivity contribution is -0.124. The number of carbonyl (C=O) groups excluding carboxylic acids is 2. The number of rotatable bonds is 3. The third kappa shape index (κ3) is 3.47. The minimum atomic E-state index is -0.746. The number of carbonyl (C=O) groups is 2. The average Bonchev–Trinajstić information content (AvgIpc) is 2.72. The van der Waals surface area contributed by atoms with Crippen LogP contribution in [0.4, 0.5) is 5.69 Å². The van der Waals surface area contributed by atoms with Gasteiger partial charge in [-0.15, -0.1) is 12.6 Å². The topological polar surface area (TPSA) is 58.6 Å². The van der Waals surface area contributed by atoms with Gasteiger partial charge in [0.05, 0.1) is 7.11 Å². The molecule has 4 rings (SSSR count). The summed E-state index contributed by atoms with van der Waals surface area (Å²) in [6.07, 6.45) is 1.60. The van der Waals surface area contributed by atoms with Crippen molar-refractivity contribution < 1.29 is 14.3 Å². The van der Waals surface area contributed by atoms with Crippen LogP contribution < -0.4 is 15.0 Å². The highest BCUT2D eigenvalue weighted by atomic mass is 32.1. The van der Waals surface area contributed by atoms with Crippen LogP contribution in [0.1, 0.15) is 11.1 Å². The third-order valence-corrected chi connectivity index (χ3v) is 5.31. The lowest BCUT2D eigenvalue weighted by Gasteiger charge is -2.34. The third-order valence-electron chi connectivity index (χ3n) is 4.95. The predicted octanol–water partition coefficient (Wildman–Crippen LogP) is 3.92. The van der Waals surface area contributed by atoms with E-state index in [1.54, 1.807) is 13.2 Å². The molecule has 1 unspecified atom stereocenters. The summed E-state index contributed by atoms with van der Waals surface area (Å²) < 4.78 is 5.49. The maximum Gasteiger partial charge on any atom is 0.266 e. The van der Waals surface area contributed by atoms with Gasteiger partial charge in [0, 0.05) is 11.3 Å². The number of hydrogen-bond donors (Lipinski definition) is 2. The minimum Gasteiger partial charge on any atom is -0.496 e. The zero-order valence-electron chi connectivity index (χ0n) is 16.0. The minimum absolute atomic E-state index is 0.0329. The molecule has 0 saturated carbocycles. The van der Waals surface area contributed by atoms with Crippen LogP contribution in [0, 0.1) is 6.92 Å². The molecule has 29 heavy (non-hydrogen) atoms. The number of benzene rings is 3. The molecule has 1 saturated heterocycles. The Morgan fingerprint density at radius 1 is 1.03 bits per heavy atom. The molecule has 0 aromatic heterocycles. The van der Waals surface area contributed by atoms with E-state index in [-0.39, 0.29) is 5.57 Å². The maximum absolute atomic E-state index is 13.3. The highest BCUT2D eigenvalue weighted by molar-refractivity contribution is 7.81. The molecule has 0 bridgehead atoms. The SMILES string of the molecule is COc1ccc2ccccc2c1/C=C1/C(=O)NC(S)N(c2ccc(C)cc2)C1=O. The molecule has 0 aliphatic carbocycles. The van der Waals surface area contributed by atoms with Crippen molar-refractivity contribution in [3.63, 3.8) is 0 Å². The number of ether oxygens (including phenoxy) is 1. The Balaban J connectivity index is 1.85. The Morgan fingerprint density at radius 3 is 2.48 bits per heavy atom. The van der Waals surface area contributed by atoms with E-state index in [0.717, 1.165) is 16.3 Å². The second-order valence-corrected chi connectivity index (χ2v) is 7.31. The number of nitrogens with zero attached hydrogens (tertiary/aromatic N) is 1. The number of methoxy groups -OCH3 is 1. The van der Waals surface area contributed by atoms with Crippen LogP contribution in [0.3, 0.4) is 0 Å². The van der Waals surface area contributed by atoms with Gasteiger partial charge in [0.2, 0.25) is 0 Å². The lowest BCUT2D eigenvalue weighted by Crippen LogP contribution is -2.55. The summed E-state index contributed by atoms with van der Waals surface area (Å²) in [6, 6.07) is 19.0. The molecule has 1 fully saturated rings. The number of hydrogen-bond acceptors (Lipinski definition) is 4. The molecular weight excluding hydrogens is 384 g/mol. The Kier molecular flexibility index (Phi) is 5.03. The molecule has 146 valence electrons. The van der Waals surface area contributed by atoms with E-state index >= 15 is 0 Å². The molecule has 1 atom stereocenters. The quantitative estimate of drug-likeness (QED) is 0.395. The fraction of sp³-hybridized carbons (Fsp3) is 0.130. The molecule has 0 spiro atoms. The molecular formula is C23H20N2O3S. The van der Waals surface area contributed by atoms with Crippen molar-refractivity contribution in [2.75, 3.05) is 12.0 Å². The molecule has 0 radical (unpaired) electrons. The second-order valence-electron chi connectivity index (χ2n) is 6.82. The smallest absolute Gasteiger partial charge is 0.266 e. The Hall–Kier alpha value is -3.25. The highest BCUT2D eigenvalue weighted by Gasteiger charge is 2.36. The first-order valence-electron chi connectivity index (χ1n) is 9.16. The summed E-state index contributed by atoms with van der Waals surface area (Å²) in [6.45, 7) is 1.97. The molecule has 1 aliphatic heterocycles. The van der Waals surface area contributed by atoms with Gasteiger partial charge in [-0.3, -0.25) is 14.5 Å². The number of thiol groups is 1. The summed E-state index contributed by atoms with van der Waals surface area (Å²) in [4.78, 5) is 27.4. The van der Waals surface area contributed by atoms with Crippen molar-refractivity contribution in [1.29, 1.82) is 0 Å². The van der Waals surface area contributed by atoms with Gasteiger partial charge in [-0.1, -0.05) is 48.0 Å². The van der Waals surface area contributed by atoms with Gasteiger partial charge in [-0.2, -0.15) is 0 Å². The van der Waals surface area contributed by atoms with Crippen LogP contribution in [0.2, 0.25) is 0 Å². The Bertz CT molecular complexity index is 1140. The first-order chi connectivity index (χ1) is 14.0. The van der Waals surface area contributed by atoms with E-state index in [2.05, 4.69) is 17.9 Å². The molecule has 1 aliphatic rings. The average molecular weight is 404 g/mol. The first kappa shape index (κ1) is 19.1. The van der Waals surface area contributed by atoms with Crippen molar-refractivity contribution in [2.24, 2.45) is 0 Å². The number of aryl methyl sites for hydroxylation is 1. The summed E-state index contributed by atoms with van der Waals surface area (Å²) in [5.41, 5.74) is 1.71. The summed E-state index contributed by atoms with van der Waals surface area (Å²) in [7, 11) is 1.57. The van der Waals surface area contributed by atoms with Gasteiger partial charge in [-0.05, 0) is 42.0 Å². The number of nitrogens with one attached hydrogen (secondary N) is 1. The zero-order chi connectivity index (χ0) is 20.5. The van der Waals surface area contributed by atoms with Crippen LogP contribution >= 0.6 is 12.6 Å². The first-order valence-corrected chi connectivity index (χ1v) is 9.68. The molecule has 6 heteroatoms. The number of anilines is 1. The van der Waals surface area contributed by atoms with Crippen molar-refractivity contribution in [3.8, 4) is 5.75 Å². The Morgan fingerprint density at radius 2 is 1.76 bits per heavy atom. The van der Waals surface area contributed by atoms with E-state index in [1.165, 1.54) is 4.90 Å². The standard InChI is InChI=1S/C23H20N2O3S/c1-14-7-10-16(11-8-14)25-22(27)19(21(26)24-23(25)29)13-18-17-6-4-3-5-15(17)9-12-20(18)28-2/h3-13,23,29H,1-2H3,(H,24,26)/b19-13-. The van der Waals surface area contributed by atoms with Crippen molar-refractivity contribution in [2.45, 2.75) is 12.4 Å². The Labute approximate surface area is 174 Å². The van der Waals surface area contributed by atoms with Crippen molar-refractivity contribution in [1.82, 2.24) is 5.32 Å². The monoisotopic (exact) mass is 404 g/mol. The lowest BCUT2D eigenvalue weighted by atomic mass is 9.99. The number of fused-ring (bicyclic) bond motifs is 1. The highest BCUT2D eigenvalue weighted by Crippen LogP contribution is 2.32. The summed E-state index contributed by atoms with van der Waals surface area (Å²) in [5, 5.41) is 4.64. The van der Waals surface area contributed by atoms with Crippen LogP contribution in [-0.2, 0) is 9.59 Å². The molecule has 1 heterocycles. The maximum atomic E-state index is 13.3. The predicted molar refractivity (Wildman–Crippen MR) is 118 cm³/mol. The number of amides is 2. The van der Waals surface area contributed by atoms with Gasteiger partial charge in [0.25, 0.3) is 11.8 Å². The second kappa shape index (κ2) is 7.64.